The molecular weight excluding hydrogens is 412 g/mol. The van der Waals surface area contributed by atoms with Gasteiger partial charge in [-0.25, -0.2) is 8.42 Å². The summed E-state index contributed by atoms with van der Waals surface area (Å²) in [5.74, 6) is 2.65. The number of carbonyl (C=O) groups excluding carboxylic acids is 1. The molecule has 2 aromatic rings. The number of ether oxygens (including phenoxy) is 1. The third-order valence-electron chi connectivity index (χ3n) is 7.29. The fourth-order valence-electron chi connectivity index (χ4n) is 6.30. The summed E-state index contributed by atoms with van der Waals surface area (Å²) in [6, 6.07) is 13.2. The van der Waals surface area contributed by atoms with Crippen LogP contribution < -0.4 is 14.8 Å². The Hall–Kier alpha value is -2.54. The van der Waals surface area contributed by atoms with Gasteiger partial charge in [-0.1, -0.05) is 12.1 Å². The SMILES string of the molecule is COc1ccccc1NS(=O)(=O)c1ccc(NC(=O)C23CC4CC(CC(C4)C2)C3)cc1. The second-order valence-electron chi connectivity index (χ2n) is 9.48. The second-order valence-corrected chi connectivity index (χ2v) is 11.2. The van der Waals surface area contributed by atoms with Crippen LogP contribution in [0.4, 0.5) is 11.4 Å². The van der Waals surface area contributed by atoms with Gasteiger partial charge in [0.15, 0.2) is 0 Å². The minimum Gasteiger partial charge on any atom is -0.495 e. The number of anilines is 2. The highest BCUT2D eigenvalue weighted by molar-refractivity contribution is 7.92. The third kappa shape index (κ3) is 3.80. The second kappa shape index (κ2) is 7.55. The summed E-state index contributed by atoms with van der Waals surface area (Å²) in [7, 11) is -2.28. The van der Waals surface area contributed by atoms with Crippen LogP contribution in [-0.4, -0.2) is 21.4 Å². The Morgan fingerprint density at radius 3 is 2.10 bits per heavy atom. The molecule has 4 aliphatic carbocycles. The maximum absolute atomic E-state index is 13.2. The van der Waals surface area contributed by atoms with Crippen molar-refractivity contribution in [3.63, 3.8) is 0 Å². The summed E-state index contributed by atoms with van der Waals surface area (Å²) in [5.41, 5.74) is 0.784. The Balaban J connectivity index is 1.29. The monoisotopic (exact) mass is 440 g/mol. The maximum Gasteiger partial charge on any atom is 0.262 e. The van der Waals surface area contributed by atoms with E-state index in [0.717, 1.165) is 19.3 Å². The summed E-state index contributed by atoms with van der Waals surface area (Å²) in [4.78, 5) is 13.3. The fourth-order valence-corrected chi connectivity index (χ4v) is 7.37. The number of amides is 1. The molecule has 0 heterocycles. The molecule has 4 aliphatic rings. The molecule has 0 aromatic heterocycles. The Morgan fingerprint density at radius 2 is 1.52 bits per heavy atom. The quantitative estimate of drug-likeness (QED) is 0.685. The molecule has 4 saturated carbocycles. The number of hydrogen-bond acceptors (Lipinski definition) is 4. The van der Waals surface area contributed by atoms with E-state index in [1.54, 1.807) is 36.4 Å². The minimum atomic E-state index is -3.77. The molecule has 4 bridgehead atoms. The van der Waals surface area contributed by atoms with E-state index in [-0.39, 0.29) is 16.2 Å². The number of nitrogens with one attached hydrogen (secondary N) is 2. The zero-order valence-electron chi connectivity index (χ0n) is 17.6. The van der Waals surface area contributed by atoms with Gasteiger partial charge in [0.05, 0.1) is 23.1 Å². The molecule has 0 spiro atoms. The smallest absolute Gasteiger partial charge is 0.262 e. The van der Waals surface area contributed by atoms with E-state index in [1.165, 1.54) is 38.5 Å². The van der Waals surface area contributed by atoms with Crippen LogP contribution in [0.15, 0.2) is 53.4 Å². The highest BCUT2D eigenvalue weighted by Gasteiger charge is 2.54. The van der Waals surface area contributed by atoms with E-state index >= 15 is 0 Å². The highest BCUT2D eigenvalue weighted by atomic mass is 32.2. The van der Waals surface area contributed by atoms with Crippen molar-refractivity contribution < 1.29 is 17.9 Å². The average Bonchev–Trinajstić information content (AvgIpc) is 2.73. The van der Waals surface area contributed by atoms with Gasteiger partial charge in [-0.2, -0.15) is 0 Å². The van der Waals surface area contributed by atoms with Crippen LogP contribution >= 0.6 is 0 Å². The lowest BCUT2D eigenvalue weighted by Crippen LogP contribution is -2.51. The van der Waals surface area contributed by atoms with Crippen LogP contribution in [-0.2, 0) is 14.8 Å². The third-order valence-corrected chi connectivity index (χ3v) is 8.68. The number of rotatable bonds is 6. The molecule has 6 nitrogen and oxygen atoms in total. The molecule has 1 amide bonds. The fraction of sp³-hybridized carbons (Fsp3) is 0.458. The largest absolute Gasteiger partial charge is 0.495 e. The van der Waals surface area contributed by atoms with Crippen LogP contribution in [0.5, 0.6) is 5.75 Å². The topological polar surface area (TPSA) is 84.5 Å². The molecule has 0 saturated heterocycles. The lowest BCUT2D eigenvalue weighted by atomic mass is 9.49. The Morgan fingerprint density at radius 1 is 0.935 bits per heavy atom. The molecule has 0 aliphatic heterocycles. The van der Waals surface area contributed by atoms with Crippen LogP contribution in [0.25, 0.3) is 0 Å². The van der Waals surface area contributed by atoms with Crippen LogP contribution in [0.3, 0.4) is 0 Å². The average molecular weight is 441 g/mol. The van der Waals surface area contributed by atoms with Crippen LogP contribution in [0.2, 0.25) is 0 Å². The van der Waals surface area contributed by atoms with E-state index < -0.39 is 10.0 Å². The summed E-state index contributed by atoms with van der Waals surface area (Å²) >= 11 is 0. The van der Waals surface area contributed by atoms with Crippen molar-refractivity contribution in [2.45, 2.75) is 43.4 Å². The standard InChI is InChI=1S/C24H28N2O4S/c1-30-22-5-3-2-4-21(22)26-31(28,29)20-8-6-19(7-9-20)25-23(27)24-13-16-10-17(14-24)12-18(11-16)15-24/h2-9,16-18,26H,10-15H2,1H3,(H,25,27). The molecule has 0 radical (unpaired) electrons. The van der Waals surface area contributed by atoms with Crippen molar-refractivity contribution in [3.05, 3.63) is 48.5 Å². The van der Waals surface area contributed by atoms with E-state index in [9.17, 15) is 13.2 Å². The van der Waals surface area contributed by atoms with Gasteiger partial charge in [0.2, 0.25) is 5.91 Å². The van der Waals surface area contributed by atoms with E-state index in [2.05, 4.69) is 10.0 Å². The summed E-state index contributed by atoms with van der Waals surface area (Å²) in [6.45, 7) is 0. The Labute approximate surface area is 183 Å². The van der Waals surface area contributed by atoms with Crippen molar-refractivity contribution in [1.29, 1.82) is 0 Å². The molecule has 6 rings (SSSR count). The van der Waals surface area contributed by atoms with Crippen molar-refractivity contribution in [2.24, 2.45) is 23.2 Å². The summed E-state index contributed by atoms with van der Waals surface area (Å²) in [5, 5.41) is 3.07. The first-order valence-electron chi connectivity index (χ1n) is 10.9. The van der Waals surface area contributed by atoms with E-state index in [1.807, 2.05) is 0 Å². The number of methoxy groups -OCH3 is 1. The summed E-state index contributed by atoms with van der Waals surface area (Å²) < 4.78 is 33.3. The zero-order chi connectivity index (χ0) is 21.6. The number of hydrogen-bond donors (Lipinski definition) is 2. The van der Waals surface area contributed by atoms with Gasteiger partial charge in [-0.05, 0) is 92.7 Å². The predicted octanol–water partition coefficient (Wildman–Crippen LogP) is 4.65. The van der Waals surface area contributed by atoms with Gasteiger partial charge in [-0.3, -0.25) is 9.52 Å². The van der Waals surface area contributed by atoms with Crippen molar-refractivity contribution in [2.75, 3.05) is 17.1 Å². The van der Waals surface area contributed by atoms with Crippen molar-refractivity contribution >= 4 is 27.3 Å². The Bertz CT molecular complexity index is 1060. The van der Waals surface area contributed by atoms with Gasteiger partial charge in [0.1, 0.15) is 5.75 Å². The molecule has 2 N–H and O–H groups in total. The molecule has 164 valence electrons. The first-order valence-corrected chi connectivity index (χ1v) is 12.4. The molecule has 0 unspecified atom stereocenters. The molecular formula is C24H28N2O4S. The lowest BCUT2D eigenvalue weighted by Gasteiger charge is -2.55. The van der Waals surface area contributed by atoms with Gasteiger partial charge in [-0.15, -0.1) is 0 Å². The maximum atomic E-state index is 13.2. The normalized spacial score (nSPS) is 28.9. The molecule has 4 fully saturated rings. The van der Waals surface area contributed by atoms with E-state index in [0.29, 0.717) is 34.9 Å². The first-order chi connectivity index (χ1) is 14.9. The molecule has 0 atom stereocenters. The molecule has 31 heavy (non-hydrogen) atoms. The molecule has 2 aromatic carbocycles. The zero-order valence-corrected chi connectivity index (χ0v) is 18.5. The van der Waals surface area contributed by atoms with Crippen LogP contribution in [0, 0.1) is 23.2 Å². The van der Waals surface area contributed by atoms with Crippen molar-refractivity contribution in [1.82, 2.24) is 0 Å². The number of para-hydroxylation sites is 2. The van der Waals surface area contributed by atoms with Gasteiger partial charge in [0, 0.05) is 5.69 Å². The number of benzene rings is 2. The lowest BCUT2D eigenvalue weighted by molar-refractivity contribution is -0.140. The van der Waals surface area contributed by atoms with E-state index in [4.69, 9.17) is 4.74 Å². The predicted molar refractivity (Wildman–Crippen MR) is 119 cm³/mol. The van der Waals surface area contributed by atoms with Crippen LogP contribution in [0.1, 0.15) is 38.5 Å². The van der Waals surface area contributed by atoms with Gasteiger partial charge < -0.3 is 10.1 Å². The molecule has 7 heteroatoms. The summed E-state index contributed by atoms with van der Waals surface area (Å²) in [6.07, 6.45) is 6.87. The van der Waals surface area contributed by atoms with Crippen molar-refractivity contribution in [3.8, 4) is 5.75 Å². The van der Waals surface area contributed by atoms with Gasteiger partial charge in [0.25, 0.3) is 10.0 Å². The number of sulfonamides is 1. The minimum absolute atomic E-state index is 0.106. The highest BCUT2D eigenvalue weighted by Crippen LogP contribution is 2.60. The number of carbonyl (C=O) groups is 1. The van der Waals surface area contributed by atoms with Gasteiger partial charge >= 0.3 is 0 Å². The first kappa shape index (κ1) is 20.4. The Kier molecular flexibility index (Phi) is 4.96.